The van der Waals surface area contributed by atoms with Crippen molar-refractivity contribution in [3.05, 3.63) is 23.8 Å². The van der Waals surface area contributed by atoms with Crippen LogP contribution in [-0.2, 0) is 19.1 Å². The molecule has 0 aromatic heterocycles. The first-order chi connectivity index (χ1) is 8.04. The molecule has 0 bridgehead atoms. The highest BCUT2D eigenvalue weighted by Crippen LogP contribution is 2.26. The Bertz CT molecular complexity index is 352. The molecule has 1 N–H and O–H groups in total. The maximum atomic E-state index is 10.3. The summed E-state index contributed by atoms with van der Waals surface area (Å²) in [6, 6.07) is 0. The molecule has 0 aromatic carbocycles. The number of carboxylic acids is 1. The lowest BCUT2D eigenvalue weighted by Crippen LogP contribution is -2.10. The van der Waals surface area contributed by atoms with Crippen molar-refractivity contribution in [3.8, 4) is 0 Å². The van der Waals surface area contributed by atoms with Gasteiger partial charge in [0.25, 0.3) is 0 Å². The number of epoxide rings is 1. The van der Waals surface area contributed by atoms with Gasteiger partial charge in [0, 0.05) is 11.6 Å². The summed E-state index contributed by atoms with van der Waals surface area (Å²) in [6.07, 6.45) is 3.03. The van der Waals surface area contributed by atoms with Crippen LogP contribution in [0.3, 0.4) is 0 Å². The van der Waals surface area contributed by atoms with Crippen LogP contribution < -0.4 is 0 Å². The van der Waals surface area contributed by atoms with Crippen LogP contribution in [0.2, 0.25) is 0 Å². The summed E-state index contributed by atoms with van der Waals surface area (Å²) in [5, 5.41) is 8.35. The fourth-order valence-electron chi connectivity index (χ4n) is 1.19. The van der Waals surface area contributed by atoms with Gasteiger partial charge >= 0.3 is 11.9 Å². The van der Waals surface area contributed by atoms with E-state index < -0.39 is 5.97 Å². The standard InChI is InChI=1S/C6H8O3.C6H8O2/c1-2-6(7)9-4-5-3-8-5;1-4-2-3-5(4)6(7)8/h2,5H,1,3-4H2;2-3H2,1H3,(H,7,8). The third-order valence-electron chi connectivity index (χ3n) is 2.50. The van der Waals surface area contributed by atoms with Gasteiger partial charge in [0.1, 0.15) is 12.7 Å². The van der Waals surface area contributed by atoms with Crippen molar-refractivity contribution in [2.24, 2.45) is 0 Å². The van der Waals surface area contributed by atoms with Crippen LogP contribution in [-0.4, -0.2) is 36.4 Å². The second-order valence-corrected chi connectivity index (χ2v) is 3.85. The van der Waals surface area contributed by atoms with Crippen LogP contribution >= 0.6 is 0 Å². The molecule has 1 saturated heterocycles. The van der Waals surface area contributed by atoms with Gasteiger partial charge in [0.15, 0.2) is 0 Å². The fourth-order valence-corrected chi connectivity index (χ4v) is 1.19. The predicted octanol–water partition coefficient (Wildman–Crippen LogP) is 1.30. The predicted molar refractivity (Wildman–Crippen MR) is 60.5 cm³/mol. The molecule has 1 aliphatic heterocycles. The number of esters is 1. The lowest BCUT2D eigenvalue weighted by molar-refractivity contribution is -0.138. The fraction of sp³-hybridized carbons (Fsp3) is 0.500. The Morgan fingerprint density at radius 1 is 1.59 bits per heavy atom. The van der Waals surface area contributed by atoms with E-state index in [4.69, 9.17) is 9.84 Å². The van der Waals surface area contributed by atoms with E-state index >= 15 is 0 Å². The lowest BCUT2D eigenvalue weighted by atomic mass is 9.90. The SMILES string of the molecule is C=CC(=O)OCC1CO1.CC1=C(C(=O)O)CC1. The molecule has 0 aromatic rings. The molecule has 17 heavy (non-hydrogen) atoms. The molecular weight excluding hydrogens is 224 g/mol. The molecule has 2 aliphatic rings. The summed E-state index contributed by atoms with van der Waals surface area (Å²) in [6.45, 7) is 6.19. The van der Waals surface area contributed by atoms with Gasteiger partial charge in [0.2, 0.25) is 0 Å². The van der Waals surface area contributed by atoms with Gasteiger partial charge in [-0.2, -0.15) is 0 Å². The normalized spacial score (nSPS) is 20.6. The lowest BCUT2D eigenvalue weighted by Gasteiger charge is -2.15. The van der Waals surface area contributed by atoms with Crippen LogP contribution in [0.1, 0.15) is 19.8 Å². The van der Waals surface area contributed by atoms with Crippen LogP contribution in [0.4, 0.5) is 0 Å². The summed E-state index contributed by atoms with van der Waals surface area (Å²) >= 11 is 0. The Hall–Kier alpha value is -1.62. The largest absolute Gasteiger partial charge is 0.478 e. The first kappa shape index (κ1) is 13.4. The highest BCUT2D eigenvalue weighted by molar-refractivity contribution is 5.89. The zero-order valence-corrected chi connectivity index (χ0v) is 9.77. The number of aliphatic carboxylic acids is 1. The van der Waals surface area contributed by atoms with E-state index in [1.807, 2.05) is 6.92 Å². The van der Waals surface area contributed by atoms with Crippen molar-refractivity contribution in [2.75, 3.05) is 13.2 Å². The molecule has 1 fully saturated rings. The van der Waals surface area contributed by atoms with E-state index in [0.717, 1.165) is 24.5 Å². The average molecular weight is 240 g/mol. The number of ether oxygens (including phenoxy) is 2. The van der Waals surface area contributed by atoms with Gasteiger partial charge in [-0.25, -0.2) is 9.59 Å². The molecule has 1 unspecified atom stereocenters. The van der Waals surface area contributed by atoms with E-state index in [2.05, 4.69) is 11.3 Å². The second kappa shape index (κ2) is 6.20. The average Bonchev–Trinajstić information content (AvgIpc) is 3.07. The van der Waals surface area contributed by atoms with Gasteiger partial charge in [-0.05, 0) is 19.8 Å². The Labute approximate surface area is 99.7 Å². The number of hydrogen-bond donors (Lipinski definition) is 1. The Kier molecular flexibility index (Phi) is 4.90. The Morgan fingerprint density at radius 3 is 2.47 bits per heavy atom. The van der Waals surface area contributed by atoms with Crippen LogP contribution in [0.15, 0.2) is 23.8 Å². The van der Waals surface area contributed by atoms with E-state index in [9.17, 15) is 9.59 Å². The summed E-state index contributed by atoms with van der Waals surface area (Å²) < 4.78 is 9.42. The molecule has 5 heteroatoms. The van der Waals surface area contributed by atoms with Crippen molar-refractivity contribution in [3.63, 3.8) is 0 Å². The van der Waals surface area contributed by atoms with Gasteiger partial charge in [0.05, 0.1) is 6.61 Å². The van der Waals surface area contributed by atoms with E-state index in [1.54, 1.807) is 0 Å². The second-order valence-electron chi connectivity index (χ2n) is 3.85. The molecule has 1 heterocycles. The van der Waals surface area contributed by atoms with Gasteiger partial charge < -0.3 is 14.6 Å². The Morgan fingerprint density at radius 2 is 2.24 bits per heavy atom. The minimum absolute atomic E-state index is 0.147. The molecule has 1 atom stereocenters. The van der Waals surface area contributed by atoms with Crippen LogP contribution in [0.25, 0.3) is 0 Å². The van der Waals surface area contributed by atoms with E-state index in [1.165, 1.54) is 0 Å². The molecule has 0 saturated carbocycles. The van der Waals surface area contributed by atoms with Crippen molar-refractivity contribution in [1.29, 1.82) is 0 Å². The first-order valence-corrected chi connectivity index (χ1v) is 5.37. The topological polar surface area (TPSA) is 76.1 Å². The van der Waals surface area contributed by atoms with Gasteiger partial charge in [-0.1, -0.05) is 12.2 Å². The summed E-state index contributed by atoms with van der Waals surface area (Å²) in [4.78, 5) is 20.5. The minimum Gasteiger partial charge on any atom is -0.478 e. The van der Waals surface area contributed by atoms with Gasteiger partial charge in [-0.3, -0.25) is 0 Å². The first-order valence-electron chi connectivity index (χ1n) is 5.37. The number of allylic oxidation sites excluding steroid dienone is 1. The molecule has 1 aliphatic carbocycles. The molecular formula is C12H16O5. The third-order valence-corrected chi connectivity index (χ3v) is 2.50. The minimum atomic E-state index is -0.742. The molecule has 0 radical (unpaired) electrons. The van der Waals surface area contributed by atoms with Crippen molar-refractivity contribution in [2.45, 2.75) is 25.9 Å². The number of carbonyl (C=O) groups is 2. The quantitative estimate of drug-likeness (QED) is 0.455. The molecule has 0 spiro atoms. The number of hydrogen-bond acceptors (Lipinski definition) is 4. The third kappa shape index (κ3) is 4.82. The summed E-state index contributed by atoms with van der Waals surface area (Å²) in [7, 11) is 0. The summed E-state index contributed by atoms with van der Waals surface area (Å²) in [5.41, 5.74) is 1.66. The molecule has 2 rings (SSSR count). The highest BCUT2D eigenvalue weighted by atomic mass is 16.6. The van der Waals surface area contributed by atoms with E-state index in [-0.39, 0.29) is 12.1 Å². The van der Waals surface area contributed by atoms with Crippen LogP contribution in [0, 0.1) is 0 Å². The molecule has 5 nitrogen and oxygen atoms in total. The monoisotopic (exact) mass is 240 g/mol. The number of carboxylic acid groups (broad SMARTS) is 1. The maximum Gasteiger partial charge on any atom is 0.331 e. The smallest absolute Gasteiger partial charge is 0.331 e. The van der Waals surface area contributed by atoms with Crippen molar-refractivity contribution in [1.82, 2.24) is 0 Å². The number of carbonyl (C=O) groups excluding carboxylic acids is 1. The zero-order valence-electron chi connectivity index (χ0n) is 9.77. The van der Waals surface area contributed by atoms with Crippen molar-refractivity contribution < 1.29 is 24.2 Å². The summed E-state index contributed by atoms with van der Waals surface area (Å²) in [5.74, 6) is -1.13. The maximum absolute atomic E-state index is 10.3. The number of rotatable bonds is 4. The van der Waals surface area contributed by atoms with Gasteiger partial charge in [-0.15, -0.1) is 0 Å². The highest BCUT2D eigenvalue weighted by Gasteiger charge is 2.23. The van der Waals surface area contributed by atoms with E-state index in [0.29, 0.717) is 18.8 Å². The van der Waals surface area contributed by atoms with Crippen molar-refractivity contribution >= 4 is 11.9 Å². The van der Waals surface area contributed by atoms with Crippen LogP contribution in [0.5, 0.6) is 0 Å². The zero-order chi connectivity index (χ0) is 12.8. The molecule has 0 amide bonds. The molecule has 94 valence electrons. The Balaban J connectivity index is 0.000000171.